The molecule has 0 aliphatic heterocycles. The summed E-state index contributed by atoms with van der Waals surface area (Å²) >= 11 is 0. The van der Waals surface area contributed by atoms with Crippen LogP contribution in [-0.4, -0.2) is 24.0 Å². The van der Waals surface area contributed by atoms with Gasteiger partial charge in [0.15, 0.2) is 0 Å². The van der Waals surface area contributed by atoms with Crippen molar-refractivity contribution in [2.45, 2.75) is 6.42 Å². The van der Waals surface area contributed by atoms with Crippen molar-refractivity contribution < 1.29 is 19.4 Å². The normalized spacial score (nSPS) is 10.0. The average Bonchev–Trinajstić information content (AvgIpc) is 2.48. The van der Waals surface area contributed by atoms with Crippen LogP contribution in [0.25, 0.3) is 0 Å². The minimum Gasteiger partial charge on any atom is -0.492 e. The number of rotatable bonds is 6. The zero-order valence-corrected chi connectivity index (χ0v) is 10.8. The van der Waals surface area contributed by atoms with Gasteiger partial charge in [-0.15, -0.1) is 0 Å². The SMILES string of the molecule is O=Cc1ccc(OCCc2ccccc2)c(C(=O)O)c1. The molecule has 0 aliphatic rings. The lowest BCUT2D eigenvalue weighted by atomic mass is 10.1. The van der Waals surface area contributed by atoms with E-state index >= 15 is 0 Å². The molecular formula is C16H14O4. The molecule has 1 N–H and O–H groups in total. The summed E-state index contributed by atoms with van der Waals surface area (Å²) < 4.78 is 5.51. The predicted molar refractivity (Wildman–Crippen MR) is 74.4 cm³/mol. The molecule has 0 aliphatic carbocycles. The summed E-state index contributed by atoms with van der Waals surface area (Å²) in [5.41, 5.74) is 1.44. The molecular weight excluding hydrogens is 256 g/mol. The Kier molecular flexibility index (Phi) is 4.50. The number of hydrogen-bond acceptors (Lipinski definition) is 3. The van der Waals surface area contributed by atoms with Gasteiger partial charge in [0, 0.05) is 12.0 Å². The molecule has 0 bridgehead atoms. The Balaban J connectivity index is 2.05. The molecule has 102 valence electrons. The number of aldehydes is 1. The van der Waals surface area contributed by atoms with Crippen molar-refractivity contribution in [2.24, 2.45) is 0 Å². The van der Waals surface area contributed by atoms with Crippen LogP contribution in [-0.2, 0) is 6.42 Å². The first kappa shape index (κ1) is 13.8. The van der Waals surface area contributed by atoms with E-state index in [2.05, 4.69) is 0 Å². The van der Waals surface area contributed by atoms with Gasteiger partial charge in [0.25, 0.3) is 0 Å². The topological polar surface area (TPSA) is 63.6 Å². The van der Waals surface area contributed by atoms with E-state index in [0.29, 0.717) is 24.9 Å². The fourth-order valence-corrected chi connectivity index (χ4v) is 1.84. The summed E-state index contributed by atoms with van der Waals surface area (Å²) in [5.74, 6) is -0.831. The zero-order chi connectivity index (χ0) is 14.4. The number of carboxylic acid groups (broad SMARTS) is 1. The van der Waals surface area contributed by atoms with E-state index < -0.39 is 5.97 Å². The van der Waals surface area contributed by atoms with Gasteiger partial charge >= 0.3 is 5.97 Å². The molecule has 0 saturated heterocycles. The highest BCUT2D eigenvalue weighted by molar-refractivity contribution is 5.93. The molecule has 0 heterocycles. The maximum atomic E-state index is 11.1. The highest BCUT2D eigenvalue weighted by Crippen LogP contribution is 2.20. The van der Waals surface area contributed by atoms with Gasteiger partial charge in [0.1, 0.15) is 17.6 Å². The predicted octanol–water partition coefficient (Wildman–Crippen LogP) is 2.82. The molecule has 0 atom stereocenters. The fourth-order valence-electron chi connectivity index (χ4n) is 1.84. The molecule has 2 rings (SSSR count). The Morgan fingerprint density at radius 2 is 1.90 bits per heavy atom. The first-order valence-corrected chi connectivity index (χ1v) is 6.20. The molecule has 0 spiro atoms. The van der Waals surface area contributed by atoms with E-state index in [1.54, 1.807) is 0 Å². The van der Waals surface area contributed by atoms with Crippen molar-refractivity contribution in [3.05, 3.63) is 65.2 Å². The summed E-state index contributed by atoms with van der Waals surface area (Å²) in [6.07, 6.45) is 1.30. The molecule has 0 aromatic heterocycles. The Morgan fingerprint density at radius 1 is 1.15 bits per heavy atom. The lowest BCUT2D eigenvalue weighted by Crippen LogP contribution is -2.07. The summed E-state index contributed by atoms with van der Waals surface area (Å²) in [4.78, 5) is 21.8. The van der Waals surface area contributed by atoms with Gasteiger partial charge in [-0.3, -0.25) is 4.79 Å². The van der Waals surface area contributed by atoms with Gasteiger partial charge in [0.05, 0.1) is 6.61 Å². The summed E-state index contributed by atoms with van der Waals surface area (Å²) in [6.45, 7) is 0.380. The lowest BCUT2D eigenvalue weighted by Gasteiger charge is -2.09. The number of carbonyl (C=O) groups is 2. The maximum absolute atomic E-state index is 11.1. The van der Waals surface area contributed by atoms with Crippen molar-refractivity contribution in [3.8, 4) is 5.75 Å². The van der Waals surface area contributed by atoms with E-state index in [4.69, 9.17) is 9.84 Å². The monoisotopic (exact) mass is 270 g/mol. The summed E-state index contributed by atoms with van der Waals surface area (Å²) in [7, 11) is 0. The second-order valence-corrected chi connectivity index (χ2v) is 4.26. The molecule has 4 heteroatoms. The van der Waals surface area contributed by atoms with Gasteiger partial charge in [-0.2, -0.15) is 0 Å². The number of carbonyl (C=O) groups excluding carboxylic acids is 1. The molecule has 4 nitrogen and oxygen atoms in total. The van der Waals surface area contributed by atoms with Gasteiger partial charge in [-0.05, 0) is 23.8 Å². The number of carboxylic acids is 1. The molecule has 2 aromatic rings. The van der Waals surface area contributed by atoms with Crippen LogP contribution in [0.2, 0.25) is 0 Å². The van der Waals surface area contributed by atoms with E-state index in [9.17, 15) is 9.59 Å². The van der Waals surface area contributed by atoms with Crippen LogP contribution in [0, 0.1) is 0 Å². The molecule has 0 unspecified atom stereocenters. The number of hydrogen-bond donors (Lipinski definition) is 1. The Morgan fingerprint density at radius 3 is 2.55 bits per heavy atom. The van der Waals surface area contributed by atoms with Crippen LogP contribution in [0.15, 0.2) is 48.5 Å². The zero-order valence-electron chi connectivity index (χ0n) is 10.8. The second kappa shape index (κ2) is 6.52. The van der Waals surface area contributed by atoms with Crippen LogP contribution in [0.4, 0.5) is 0 Å². The van der Waals surface area contributed by atoms with Crippen LogP contribution >= 0.6 is 0 Å². The van der Waals surface area contributed by atoms with Crippen LogP contribution < -0.4 is 4.74 Å². The van der Waals surface area contributed by atoms with Crippen LogP contribution in [0.3, 0.4) is 0 Å². The minimum atomic E-state index is -1.11. The van der Waals surface area contributed by atoms with Crippen molar-refractivity contribution in [3.63, 3.8) is 0 Å². The molecule has 0 saturated carbocycles. The fraction of sp³-hybridized carbons (Fsp3) is 0.125. The second-order valence-electron chi connectivity index (χ2n) is 4.26. The molecule has 2 aromatic carbocycles. The Labute approximate surface area is 116 Å². The number of benzene rings is 2. The smallest absolute Gasteiger partial charge is 0.339 e. The van der Waals surface area contributed by atoms with Crippen molar-refractivity contribution in [1.82, 2.24) is 0 Å². The quantitative estimate of drug-likeness (QED) is 0.820. The standard InChI is InChI=1S/C16H14O4/c17-11-13-6-7-15(14(10-13)16(18)19)20-9-8-12-4-2-1-3-5-12/h1-7,10-11H,8-9H2,(H,18,19). The maximum Gasteiger partial charge on any atom is 0.339 e. The molecule has 20 heavy (non-hydrogen) atoms. The average molecular weight is 270 g/mol. The summed E-state index contributed by atoms with van der Waals surface area (Å²) in [5, 5.41) is 9.11. The third kappa shape index (κ3) is 3.45. The van der Waals surface area contributed by atoms with E-state index in [0.717, 1.165) is 5.56 Å². The van der Waals surface area contributed by atoms with Crippen molar-refractivity contribution in [2.75, 3.05) is 6.61 Å². The van der Waals surface area contributed by atoms with Crippen LogP contribution in [0.1, 0.15) is 26.3 Å². The Hall–Kier alpha value is -2.62. The lowest BCUT2D eigenvalue weighted by molar-refractivity contribution is 0.0692. The van der Waals surface area contributed by atoms with Crippen molar-refractivity contribution in [1.29, 1.82) is 0 Å². The molecule has 0 fully saturated rings. The van der Waals surface area contributed by atoms with Gasteiger partial charge < -0.3 is 9.84 Å². The molecule has 0 radical (unpaired) electrons. The van der Waals surface area contributed by atoms with Gasteiger partial charge in [-0.25, -0.2) is 4.79 Å². The van der Waals surface area contributed by atoms with Crippen LogP contribution in [0.5, 0.6) is 5.75 Å². The van der Waals surface area contributed by atoms with Gasteiger partial charge in [-0.1, -0.05) is 30.3 Å². The van der Waals surface area contributed by atoms with E-state index in [-0.39, 0.29) is 11.3 Å². The van der Waals surface area contributed by atoms with E-state index in [1.165, 1.54) is 18.2 Å². The van der Waals surface area contributed by atoms with Crippen molar-refractivity contribution >= 4 is 12.3 Å². The number of ether oxygens (including phenoxy) is 1. The van der Waals surface area contributed by atoms with E-state index in [1.807, 2.05) is 30.3 Å². The molecule has 0 amide bonds. The third-order valence-electron chi connectivity index (χ3n) is 2.86. The largest absolute Gasteiger partial charge is 0.492 e. The summed E-state index contributed by atoms with van der Waals surface area (Å²) in [6, 6.07) is 14.1. The Bertz CT molecular complexity index is 605. The first-order chi connectivity index (χ1) is 9.70. The highest BCUT2D eigenvalue weighted by Gasteiger charge is 2.12. The third-order valence-corrected chi connectivity index (χ3v) is 2.86. The highest BCUT2D eigenvalue weighted by atomic mass is 16.5. The van der Waals surface area contributed by atoms with Gasteiger partial charge in [0.2, 0.25) is 0 Å². The number of aromatic carboxylic acids is 1. The first-order valence-electron chi connectivity index (χ1n) is 6.20. The minimum absolute atomic E-state index is 0.00246.